The van der Waals surface area contributed by atoms with Crippen LogP contribution in [-0.4, -0.2) is 17.6 Å². The van der Waals surface area contributed by atoms with Crippen LogP contribution in [0.15, 0.2) is 48.5 Å². The van der Waals surface area contributed by atoms with Crippen LogP contribution >= 0.6 is 23.8 Å². The molecule has 126 valence electrons. The Bertz CT molecular complexity index is 734. The van der Waals surface area contributed by atoms with Crippen molar-refractivity contribution in [2.24, 2.45) is 5.92 Å². The highest BCUT2D eigenvalue weighted by molar-refractivity contribution is 7.80. The average molecular weight is 363 g/mol. The zero-order valence-electron chi connectivity index (χ0n) is 13.5. The topological polar surface area (TPSA) is 50.4 Å². The lowest BCUT2D eigenvalue weighted by atomic mass is 10.2. The first-order chi connectivity index (χ1) is 11.5. The predicted octanol–water partition coefficient (Wildman–Crippen LogP) is 4.50. The van der Waals surface area contributed by atoms with Gasteiger partial charge in [0.15, 0.2) is 5.11 Å². The minimum atomic E-state index is -0.311. The molecular formula is C18H19ClN2O2S. The van der Waals surface area contributed by atoms with E-state index in [2.05, 4.69) is 24.5 Å². The summed E-state index contributed by atoms with van der Waals surface area (Å²) in [6.45, 7) is 4.72. The van der Waals surface area contributed by atoms with Gasteiger partial charge in [-0.15, -0.1) is 0 Å². The van der Waals surface area contributed by atoms with E-state index in [0.29, 0.717) is 34.5 Å². The first kappa shape index (κ1) is 18.2. The average Bonchev–Trinajstić information content (AvgIpc) is 2.55. The number of amides is 1. The Kier molecular flexibility index (Phi) is 6.58. The number of benzene rings is 2. The van der Waals surface area contributed by atoms with E-state index in [9.17, 15) is 4.79 Å². The lowest BCUT2D eigenvalue weighted by Crippen LogP contribution is -2.34. The molecule has 24 heavy (non-hydrogen) atoms. The van der Waals surface area contributed by atoms with Gasteiger partial charge < -0.3 is 10.1 Å². The number of hydrogen-bond acceptors (Lipinski definition) is 3. The van der Waals surface area contributed by atoms with E-state index in [-0.39, 0.29) is 11.0 Å². The Hall–Kier alpha value is -2.11. The molecule has 2 aromatic rings. The highest BCUT2D eigenvalue weighted by Gasteiger charge is 2.10. The molecule has 0 aliphatic heterocycles. The Morgan fingerprint density at radius 1 is 1.21 bits per heavy atom. The molecule has 0 unspecified atom stereocenters. The molecule has 0 aliphatic rings. The second-order valence-corrected chi connectivity index (χ2v) is 6.44. The van der Waals surface area contributed by atoms with Gasteiger partial charge in [-0.2, -0.15) is 0 Å². The molecule has 0 aliphatic carbocycles. The lowest BCUT2D eigenvalue weighted by Gasteiger charge is -2.12. The normalized spacial score (nSPS) is 10.3. The van der Waals surface area contributed by atoms with Gasteiger partial charge in [0.2, 0.25) is 0 Å². The van der Waals surface area contributed by atoms with E-state index in [1.54, 1.807) is 30.3 Å². The van der Waals surface area contributed by atoms with Crippen molar-refractivity contribution in [2.45, 2.75) is 13.8 Å². The van der Waals surface area contributed by atoms with Crippen LogP contribution < -0.4 is 15.4 Å². The van der Waals surface area contributed by atoms with Gasteiger partial charge in [0.1, 0.15) is 5.75 Å². The predicted molar refractivity (Wildman–Crippen MR) is 102 cm³/mol. The summed E-state index contributed by atoms with van der Waals surface area (Å²) in [7, 11) is 0. The van der Waals surface area contributed by atoms with Gasteiger partial charge in [-0.25, -0.2) is 0 Å². The second kappa shape index (κ2) is 8.66. The van der Waals surface area contributed by atoms with Gasteiger partial charge in [-0.3, -0.25) is 10.1 Å². The molecule has 0 heterocycles. The summed E-state index contributed by atoms with van der Waals surface area (Å²) in [6.07, 6.45) is 0. The van der Waals surface area contributed by atoms with E-state index in [1.165, 1.54) is 0 Å². The smallest absolute Gasteiger partial charge is 0.257 e. The number of para-hydroxylation sites is 1. The number of halogens is 1. The molecule has 2 N–H and O–H groups in total. The summed E-state index contributed by atoms with van der Waals surface area (Å²) >= 11 is 11.2. The summed E-state index contributed by atoms with van der Waals surface area (Å²) in [6, 6.07) is 14.1. The molecule has 0 aromatic heterocycles. The Morgan fingerprint density at radius 3 is 2.67 bits per heavy atom. The van der Waals surface area contributed by atoms with E-state index in [4.69, 9.17) is 28.6 Å². The SMILES string of the molecule is CC(C)COc1cccc(C(=O)NC(=S)Nc2ccccc2Cl)c1. The largest absolute Gasteiger partial charge is 0.493 e. The van der Waals surface area contributed by atoms with Crippen molar-refractivity contribution in [2.75, 3.05) is 11.9 Å². The molecule has 6 heteroatoms. The van der Waals surface area contributed by atoms with Crippen LogP contribution in [-0.2, 0) is 0 Å². The van der Waals surface area contributed by atoms with Gasteiger partial charge >= 0.3 is 0 Å². The molecule has 1 amide bonds. The fourth-order valence-corrected chi connectivity index (χ4v) is 2.27. The number of anilines is 1. The third-order valence-electron chi connectivity index (χ3n) is 3.03. The van der Waals surface area contributed by atoms with Crippen molar-refractivity contribution < 1.29 is 9.53 Å². The number of hydrogen-bond donors (Lipinski definition) is 2. The second-order valence-electron chi connectivity index (χ2n) is 5.62. The highest BCUT2D eigenvalue weighted by atomic mass is 35.5. The van der Waals surface area contributed by atoms with Gasteiger partial charge in [0.25, 0.3) is 5.91 Å². The fraction of sp³-hybridized carbons (Fsp3) is 0.222. The quantitative estimate of drug-likeness (QED) is 0.769. The summed E-state index contributed by atoms with van der Waals surface area (Å²) in [5.41, 5.74) is 1.11. The number of carbonyl (C=O) groups excluding carboxylic acids is 1. The maximum absolute atomic E-state index is 12.3. The van der Waals surface area contributed by atoms with Crippen molar-refractivity contribution in [1.29, 1.82) is 0 Å². The molecule has 2 rings (SSSR count). The highest BCUT2D eigenvalue weighted by Crippen LogP contribution is 2.20. The van der Waals surface area contributed by atoms with Crippen LogP contribution in [0.5, 0.6) is 5.75 Å². The minimum Gasteiger partial charge on any atom is -0.493 e. The first-order valence-corrected chi connectivity index (χ1v) is 8.34. The van der Waals surface area contributed by atoms with Crippen molar-refractivity contribution in [3.8, 4) is 5.75 Å². The van der Waals surface area contributed by atoms with Crippen molar-refractivity contribution in [3.05, 3.63) is 59.1 Å². The van der Waals surface area contributed by atoms with Gasteiger partial charge in [0.05, 0.1) is 17.3 Å². The van der Waals surface area contributed by atoms with E-state index < -0.39 is 0 Å². The maximum atomic E-state index is 12.3. The van der Waals surface area contributed by atoms with E-state index in [1.807, 2.05) is 18.2 Å². The molecule has 0 saturated carbocycles. The van der Waals surface area contributed by atoms with Crippen LogP contribution in [0.1, 0.15) is 24.2 Å². The van der Waals surface area contributed by atoms with E-state index in [0.717, 1.165) is 0 Å². The maximum Gasteiger partial charge on any atom is 0.257 e. The third-order valence-corrected chi connectivity index (χ3v) is 3.56. The zero-order chi connectivity index (χ0) is 17.5. The third kappa shape index (κ3) is 5.51. The number of carbonyl (C=O) groups is 1. The zero-order valence-corrected chi connectivity index (χ0v) is 15.1. The molecular weight excluding hydrogens is 344 g/mol. The molecule has 0 bridgehead atoms. The first-order valence-electron chi connectivity index (χ1n) is 7.55. The number of rotatable bonds is 5. The molecule has 0 saturated heterocycles. The standard InChI is InChI=1S/C18H19ClN2O2S/c1-12(2)11-23-14-7-5-6-13(10-14)17(22)21-18(24)20-16-9-4-3-8-15(16)19/h3-10,12H,11H2,1-2H3,(H2,20,21,22,24). The van der Waals surface area contributed by atoms with Crippen LogP contribution in [0.25, 0.3) is 0 Å². The minimum absolute atomic E-state index is 0.182. The summed E-state index contributed by atoms with van der Waals surface area (Å²) < 4.78 is 5.63. The Balaban J connectivity index is 1.98. The van der Waals surface area contributed by atoms with Gasteiger partial charge in [-0.1, -0.05) is 43.6 Å². The van der Waals surface area contributed by atoms with Gasteiger partial charge in [0, 0.05) is 5.56 Å². The fourth-order valence-electron chi connectivity index (χ4n) is 1.88. The van der Waals surface area contributed by atoms with Crippen LogP contribution in [0.2, 0.25) is 5.02 Å². The summed E-state index contributed by atoms with van der Waals surface area (Å²) in [5.74, 6) is 0.755. The summed E-state index contributed by atoms with van der Waals surface area (Å²) in [5, 5.41) is 6.24. The lowest BCUT2D eigenvalue weighted by molar-refractivity contribution is 0.0977. The molecule has 2 aromatic carbocycles. The Morgan fingerprint density at radius 2 is 1.96 bits per heavy atom. The molecule has 0 atom stereocenters. The molecule has 0 radical (unpaired) electrons. The van der Waals surface area contributed by atoms with Crippen molar-refractivity contribution in [3.63, 3.8) is 0 Å². The number of thiocarbonyl (C=S) groups is 1. The summed E-state index contributed by atoms with van der Waals surface area (Å²) in [4.78, 5) is 12.3. The van der Waals surface area contributed by atoms with Crippen molar-refractivity contribution in [1.82, 2.24) is 5.32 Å². The Labute approximate surface area is 152 Å². The monoisotopic (exact) mass is 362 g/mol. The van der Waals surface area contributed by atoms with Crippen LogP contribution in [0, 0.1) is 5.92 Å². The van der Waals surface area contributed by atoms with Crippen LogP contribution in [0.3, 0.4) is 0 Å². The van der Waals surface area contributed by atoms with E-state index >= 15 is 0 Å². The molecule has 0 spiro atoms. The van der Waals surface area contributed by atoms with Crippen LogP contribution in [0.4, 0.5) is 5.69 Å². The van der Waals surface area contributed by atoms with Gasteiger partial charge in [-0.05, 0) is 48.5 Å². The van der Waals surface area contributed by atoms with Crippen molar-refractivity contribution >= 4 is 40.5 Å². The number of nitrogens with one attached hydrogen (secondary N) is 2. The number of ether oxygens (including phenoxy) is 1. The molecule has 0 fully saturated rings. The molecule has 4 nitrogen and oxygen atoms in total.